The van der Waals surface area contributed by atoms with Gasteiger partial charge in [-0.15, -0.1) is 0 Å². The topological polar surface area (TPSA) is 0 Å². The van der Waals surface area contributed by atoms with Crippen LogP contribution < -0.4 is 0 Å². The van der Waals surface area contributed by atoms with E-state index >= 15 is 0 Å². The van der Waals surface area contributed by atoms with Crippen molar-refractivity contribution in [2.45, 2.75) is 142 Å². The number of rotatable bonds is 21. The minimum absolute atomic E-state index is 0.871. The monoisotopic (exact) mass is 420 g/mol. The molecule has 0 saturated carbocycles. The van der Waals surface area contributed by atoms with Crippen LogP contribution in [0.2, 0.25) is 5.02 Å². The molecule has 0 aliphatic carbocycles. The molecule has 1 heteroatoms. The highest BCUT2D eigenvalue weighted by atomic mass is 35.5. The summed E-state index contributed by atoms with van der Waals surface area (Å²) in [6.07, 6.45) is 30.0. The second-order valence-corrected chi connectivity index (χ2v) is 9.53. The molecule has 0 saturated heterocycles. The third-order valence-corrected chi connectivity index (χ3v) is 6.44. The molecule has 1 rings (SSSR count). The van der Waals surface area contributed by atoms with Gasteiger partial charge in [0.2, 0.25) is 0 Å². The molecule has 0 aromatic heterocycles. The lowest BCUT2D eigenvalue weighted by molar-refractivity contribution is 0.522. The van der Waals surface area contributed by atoms with Crippen LogP contribution in [0.5, 0.6) is 0 Å². The normalized spacial score (nSPS) is 11.2. The number of aryl methyl sites for hydroxylation is 1. The van der Waals surface area contributed by atoms with Crippen molar-refractivity contribution in [1.82, 2.24) is 0 Å². The average Bonchev–Trinajstić information content (AvgIpc) is 2.72. The van der Waals surface area contributed by atoms with E-state index in [-0.39, 0.29) is 0 Å². The molecule has 0 spiro atoms. The van der Waals surface area contributed by atoms with Crippen LogP contribution in [0.3, 0.4) is 0 Å². The lowest BCUT2D eigenvalue weighted by atomic mass is 10.0. The van der Waals surface area contributed by atoms with E-state index in [4.69, 9.17) is 11.6 Å². The van der Waals surface area contributed by atoms with Gasteiger partial charge in [-0.05, 0) is 30.5 Å². The molecule has 0 amide bonds. The molecule has 0 aliphatic rings. The zero-order valence-electron chi connectivity index (χ0n) is 19.5. The quantitative estimate of drug-likeness (QED) is 0.173. The molecule has 168 valence electrons. The molecule has 0 nitrogen and oxygen atoms in total. The van der Waals surface area contributed by atoms with Crippen LogP contribution in [0.15, 0.2) is 24.3 Å². The van der Waals surface area contributed by atoms with Gasteiger partial charge in [0.05, 0.1) is 0 Å². The molecule has 0 N–H and O–H groups in total. The maximum atomic E-state index is 6.04. The van der Waals surface area contributed by atoms with E-state index in [1.54, 1.807) is 0 Å². The van der Waals surface area contributed by atoms with Gasteiger partial charge in [-0.1, -0.05) is 153 Å². The Morgan fingerprint density at radius 2 is 0.897 bits per heavy atom. The first kappa shape index (κ1) is 26.5. The largest absolute Gasteiger partial charge is 0.0843 e. The second-order valence-electron chi connectivity index (χ2n) is 9.10. The Morgan fingerprint density at radius 3 is 1.28 bits per heavy atom. The summed E-state index contributed by atoms with van der Waals surface area (Å²) in [7, 11) is 0. The van der Waals surface area contributed by atoms with Crippen molar-refractivity contribution < 1.29 is 0 Å². The molecular weight excluding hydrogens is 372 g/mol. The third kappa shape index (κ3) is 18.0. The maximum absolute atomic E-state index is 6.04. The van der Waals surface area contributed by atoms with Crippen molar-refractivity contribution >= 4 is 11.6 Å². The van der Waals surface area contributed by atoms with Crippen LogP contribution in [0.4, 0.5) is 0 Å². The summed E-state index contributed by atoms with van der Waals surface area (Å²) in [5.41, 5.74) is 1.39. The van der Waals surface area contributed by atoms with E-state index in [1.807, 2.05) is 6.07 Å². The van der Waals surface area contributed by atoms with Crippen LogP contribution in [-0.2, 0) is 6.42 Å². The SMILES string of the molecule is CCCCCCCCCCCCCCCCCCCCCCc1cccc(Cl)c1. The highest BCUT2D eigenvalue weighted by Crippen LogP contribution is 2.16. The predicted octanol–water partition coefficient (Wildman–Crippen LogP) is 10.7. The molecule has 0 heterocycles. The molecule has 0 bridgehead atoms. The molecule has 0 atom stereocenters. The van der Waals surface area contributed by atoms with E-state index in [2.05, 4.69) is 25.1 Å². The van der Waals surface area contributed by atoms with Gasteiger partial charge < -0.3 is 0 Å². The zero-order valence-corrected chi connectivity index (χ0v) is 20.3. The Hall–Kier alpha value is -0.490. The fourth-order valence-corrected chi connectivity index (χ4v) is 4.49. The van der Waals surface area contributed by atoms with Crippen LogP contribution in [-0.4, -0.2) is 0 Å². The van der Waals surface area contributed by atoms with Gasteiger partial charge in [-0.3, -0.25) is 0 Å². The first-order valence-corrected chi connectivity index (χ1v) is 13.4. The predicted molar refractivity (Wildman–Crippen MR) is 133 cm³/mol. The van der Waals surface area contributed by atoms with Crippen LogP contribution in [0.25, 0.3) is 0 Å². The first-order valence-electron chi connectivity index (χ1n) is 13.1. The Kier molecular flexibility index (Phi) is 19.0. The minimum Gasteiger partial charge on any atom is -0.0843 e. The average molecular weight is 421 g/mol. The fourth-order valence-electron chi connectivity index (χ4n) is 4.28. The summed E-state index contributed by atoms with van der Waals surface area (Å²) in [6, 6.07) is 8.33. The Balaban J connectivity index is 1.70. The van der Waals surface area contributed by atoms with E-state index in [9.17, 15) is 0 Å². The highest BCUT2D eigenvalue weighted by Gasteiger charge is 1.97. The molecule has 0 unspecified atom stereocenters. The van der Waals surface area contributed by atoms with Gasteiger partial charge in [0.15, 0.2) is 0 Å². The van der Waals surface area contributed by atoms with Crippen LogP contribution in [0, 0.1) is 0 Å². The maximum Gasteiger partial charge on any atom is 0.0408 e. The van der Waals surface area contributed by atoms with Gasteiger partial charge in [0, 0.05) is 5.02 Å². The van der Waals surface area contributed by atoms with Gasteiger partial charge in [0.1, 0.15) is 0 Å². The second kappa shape index (κ2) is 20.8. The Bertz CT molecular complexity index is 453. The van der Waals surface area contributed by atoms with Gasteiger partial charge in [-0.25, -0.2) is 0 Å². The summed E-state index contributed by atoms with van der Waals surface area (Å²) >= 11 is 6.04. The van der Waals surface area contributed by atoms with Crippen molar-refractivity contribution in [2.75, 3.05) is 0 Å². The number of unbranched alkanes of at least 4 members (excludes halogenated alkanes) is 19. The summed E-state index contributed by atoms with van der Waals surface area (Å²) < 4.78 is 0. The Labute approximate surface area is 188 Å². The van der Waals surface area contributed by atoms with Crippen LogP contribution >= 0.6 is 11.6 Å². The standard InChI is InChI=1S/C28H49Cl/c1-2-3-4-5-6-7-8-9-10-11-12-13-14-15-16-17-18-19-20-21-23-27-24-22-25-28(29)26-27/h22,24-26H,2-21,23H2,1H3. The molecule has 29 heavy (non-hydrogen) atoms. The van der Waals surface area contributed by atoms with Gasteiger partial charge >= 0.3 is 0 Å². The number of benzene rings is 1. The third-order valence-electron chi connectivity index (χ3n) is 6.21. The number of hydrogen-bond acceptors (Lipinski definition) is 0. The fraction of sp³-hybridized carbons (Fsp3) is 0.786. The molecule has 0 aliphatic heterocycles. The lowest BCUT2D eigenvalue weighted by Gasteiger charge is -2.04. The smallest absolute Gasteiger partial charge is 0.0408 e. The van der Waals surface area contributed by atoms with Crippen molar-refractivity contribution in [3.63, 3.8) is 0 Å². The van der Waals surface area contributed by atoms with Crippen molar-refractivity contribution in [1.29, 1.82) is 0 Å². The summed E-state index contributed by atoms with van der Waals surface area (Å²) in [6.45, 7) is 2.30. The number of hydrogen-bond donors (Lipinski definition) is 0. The van der Waals surface area contributed by atoms with Gasteiger partial charge in [-0.2, -0.15) is 0 Å². The lowest BCUT2D eigenvalue weighted by Crippen LogP contribution is -1.87. The van der Waals surface area contributed by atoms with E-state index in [0.717, 1.165) is 5.02 Å². The van der Waals surface area contributed by atoms with Crippen molar-refractivity contribution in [3.8, 4) is 0 Å². The van der Waals surface area contributed by atoms with E-state index in [1.165, 1.54) is 140 Å². The molecule has 0 fully saturated rings. The zero-order chi connectivity index (χ0) is 20.8. The number of halogens is 1. The van der Waals surface area contributed by atoms with Crippen LogP contribution in [0.1, 0.15) is 141 Å². The first-order chi connectivity index (χ1) is 14.3. The molecule has 1 aromatic rings. The van der Waals surface area contributed by atoms with Crippen molar-refractivity contribution in [2.24, 2.45) is 0 Å². The highest BCUT2D eigenvalue weighted by molar-refractivity contribution is 6.30. The minimum atomic E-state index is 0.871. The Morgan fingerprint density at radius 1 is 0.517 bits per heavy atom. The van der Waals surface area contributed by atoms with Crippen molar-refractivity contribution in [3.05, 3.63) is 34.9 Å². The molecule has 0 radical (unpaired) electrons. The van der Waals surface area contributed by atoms with E-state index < -0.39 is 0 Å². The summed E-state index contributed by atoms with van der Waals surface area (Å²) in [5.74, 6) is 0. The summed E-state index contributed by atoms with van der Waals surface area (Å²) in [5, 5.41) is 0.871. The summed E-state index contributed by atoms with van der Waals surface area (Å²) in [4.78, 5) is 0. The molecule has 1 aromatic carbocycles. The van der Waals surface area contributed by atoms with E-state index in [0.29, 0.717) is 0 Å². The van der Waals surface area contributed by atoms with Gasteiger partial charge in [0.25, 0.3) is 0 Å². The molecular formula is C28H49Cl.